The quantitative estimate of drug-likeness (QED) is 0.563. The zero-order valence-electron chi connectivity index (χ0n) is 11.5. The summed E-state index contributed by atoms with van der Waals surface area (Å²) in [5.74, 6) is -0.777. The number of aliphatic hydroxyl groups is 3. The van der Waals surface area contributed by atoms with Gasteiger partial charge in [-0.1, -0.05) is 12.8 Å². The Morgan fingerprint density at radius 3 is 2.65 bits per heavy atom. The van der Waals surface area contributed by atoms with Crippen LogP contribution in [0.1, 0.15) is 51.4 Å². The normalized spacial score (nSPS) is 57.8. The number of fused-ring (bicyclic) bond motifs is 2. The predicted molar refractivity (Wildman–Crippen MR) is 68.6 cm³/mol. The fourth-order valence-electron chi connectivity index (χ4n) is 5.54. The second kappa shape index (κ2) is 3.76. The standard InChI is InChI=1S/C15H22O5/c16-11-7-9-3-1-6-14(18)8-13(17)5-2-4-10(13)12(20-11)15(9,14)19/h9-10,12,17-19H,1-8H2. The molecule has 0 aromatic carbocycles. The molecule has 4 fully saturated rings. The number of esters is 1. The van der Waals surface area contributed by atoms with Crippen molar-refractivity contribution in [2.24, 2.45) is 11.8 Å². The Hall–Kier alpha value is -0.650. The topological polar surface area (TPSA) is 87.0 Å². The Kier molecular flexibility index (Phi) is 2.45. The number of carbonyl (C=O) groups excluding carboxylic acids is 1. The Morgan fingerprint density at radius 1 is 1.10 bits per heavy atom. The molecule has 3 saturated carbocycles. The molecule has 0 amide bonds. The molecule has 0 spiro atoms. The Labute approximate surface area is 117 Å². The van der Waals surface area contributed by atoms with Crippen molar-refractivity contribution >= 4 is 5.97 Å². The van der Waals surface area contributed by atoms with Gasteiger partial charge in [-0.05, 0) is 25.7 Å². The van der Waals surface area contributed by atoms with Gasteiger partial charge >= 0.3 is 5.97 Å². The summed E-state index contributed by atoms with van der Waals surface area (Å²) in [6.07, 6.45) is 3.87. The van der Waals surface area contributed by atoms with Gasteiger partial charge in [-0.15, -0.1) is 0 Å². The van der Waals surface area contributed by atoms with Crippen molar-refractivity contribution in [3.05, 3.63) is 0 Å². The molecular weight excluding hydrogens is 260 g/mol. The van der Waals surface area contributed by atoms with Crippen LogP contribution in [-0.4, -0.2) is 44.2 Å². The van der Waals surface area contributed by atoms with Crippen LogP contribution in [0.3, 0.4) is 0 Å². The minimum Gasteiger partial charge on any atom is -0.459 e. The van der Waals surface area contributed by atoms with Crippen molar-refractivity contribution in [3.8, 4) is 0 Å². The zero-order chi connectivity index (χ0) is 14.2. The maximum atomic E-state index is 11.9. The molecule has 0 aromatic rings. The third-order valence-corrected chi connectivity index (χ3v) is 6.40. The SMILES string of the molecule is O=C1CC2CCCC3(O)CC4(O)CCCC4C(O1)C23O. The summed E-state index contributed by atoms with van der Waals surface area (Å²) in [5, 5.41) is 33.2. The van der Waals surface area contributed by atoms with Crippen LogP contribution in [0.4, 0.5) is 0 Å². The van der Waals surface area contributed by atoms with Gasteiger partial charge in [-0.2, -0.15) is 0 Å². The smallest absolute Gasteiger partial charge is 0.306 e. The van der Waals surface area contributed by atoms with Crippen LogP contribution in [0.5, 0.6) is 0 Å². The first-order valence-corrected chi connectivity index (χ1v) is 7.76. The van der Waals surface area contributed by atoms with Gasteiger partial charge in [-0.25, -0.2) is 0 Å². The highest BCUT2D eigenvalue weighted by atomic mass is 16.6. The second-order valence-electron chi connectivity index (χ2n) is 7.34. The number of hydrogen-bond acceptors (Lipinski definition) is 5. The van der Waals surface area contributed by atoms with Gasteiger partial charge < -0.3 is 20.1 Å². The van der Waals surface area contributed by atoms with Gasteiger partial charge in [0.15, 0.2) is 0 Å². The Bertz CT molecular complexity index is 465. The summed E-state index contributed by atoms with van der Waals surface area (Å²) in [7, 11) is 0. The highest BCUT2D eigenvalue weighted by Gasteiger charge is 2.73. The van der Waals surface area contributed by atoms with Crippen LogP contribution in [0.25, 0.3) is 0 Å². The zero-order valence-corrected chi connectivity index (χ0v) is 11.5. The molecule has 6 unspecified atom stereocenters. The van der Waals surface area contributed by atoms with E-state index in [1.54, 1.807) is 0 Å². The minimum atomic E-state index is -1.37. The number of rotatable bonds is 0. The molecule has 1 heterocycles. The first kappa shape index (κ1) is 13.0. The van der Waals surface area contributed by atoms with E-state index in [-0.39, 0.29) is 30.6 Å². The van der Waals surface area contributed by atoms with Crippen molar-refractivity contribution < 1.29 is 24.9 Å². The van der Waals surface area contributed by atoms with Gasteiger partial charge in [0.25, 0.3) is 0 Å². The Morgan fingerprint density at radius 2 is 1.85 bits per heavy atom. The van der Waals surface area contributed by atoms with Crippen molar-refractivity contribution in [2.45, 2.75) is 74.3 Å². The average molecular weight is 282 g/mol. The molecule has 0 bridgehead atoms. The van der Waals surface area contributed by atoms with Crippen LogP contribution in [0.2, 0.25) is 0 Å². The molecule has 3 aliphatic carbocycles. The monoisotopic (exact) mass is 282 g/mol. The molecular formula is C15H22O5. The highest BCUT2D eigenvalue weighted by molar-refractivity contribution is 5.71. The molecule has 0 radical (unpaired) electrons. The van der Waals surface area contributed by atoms with Crippen LogP contribution in [0.15, 0.2) is 0 Å². The summed E-state index contributed by atoms with van der Waals surface area (Å²) in [6, 6.07) is 0. The van der Waals surface area contributed by atoms with E-state index in [2.05, 4.69) is 0 Å². The predicted octanol–water partition coefficient (Wildman–Crippen LogP) is 0.499. The maximum Gasteiger partial charge on any atom is 0.306 e. The van der Waals surface area contributed by atoms with E-state index in [9.17, 15) is 20.1 Å². The lowest BCUT2D eigenvalue weighted by atomic mass is 9.51. The summed E-state index contributed by atoms with van der Waals surface area (Å²) >= 11 is 0. The summed E-state index contributed by atoms with van der Waals surface area (Å²) in [6.45, 7) is 0. The third-order valence-electron chi connectivity index (χ3n) is 6.40. The van der Waals surface area contributed by atoms with E-state index >= 15 is 0 Å². The number of hydrogen-bond donors (Lipinski definition) is 3. The van der Waals surface area contributed by atoms with E-state index < -0.39 is 22.9 Å². The third kappa shape index (κ3) is 1.36. The Balaban J connectivity index is 1.84. The van der Waals surface area contributed by atoms with Crippen molar-refractivity contribution in [3.63, 3.8) is 0 Å². The number of carbonyl (C=O) groups is 1. The van der Waals surface area contributed by atoms with E-state index in [1.807, 2.05) is 0 Å². The lowest BCUT2D eigenvalue weighted by Gasteiger charge is -2.63. The van der Waals surface area contributed by atoms with Crippen LogP contribution in [-0.2, 0) is 9.53 Å². The molecule has 0 aromatic heterocycles. The molecule has 1 saturated heterocycles. The lowest BCUT2D eigenvalue weighted by Crippen LogP contribution is -2.77. The van der Waals surface area contributed by atoms with Gasteiger partial charge in [-0.3, -0.25) is 4.79 Å². The molecule has 20 heavy (non-hydrogen) atoms. The van der Waals surface area contributed by atoms with E-state index in [0.29, 0.717) is 12.8 Å². The van der Waals surface area contributed by atoms with Crippen molar-refractivity contribution in [1.29, 1.82) is 0 Å². The molecule has 5 heteroatoms. The summed E-state index contributed by atoms with van der Waals surface area (Å²) in [5.41, 5.74) is -3.69. The van der Waals surface area contributed by atoms with Crippen molar-refractivity contribution in [2.75, 3.05) is 0 Å². The molecule has 5 nitrogen and oxygen atoms in total. The van der Waals surface area contributed by atoms with Gasteiger partial charge in [0, 0.05) is 18.3 Å². The highest BCUT2D eigenvalue weighted by Crippen LogP contribution is 2.61. The summed E-state index contributed by atoms with van der Waals surface area (Å²) < 4.78 is 5.47. The maximum absolute atomic E-state index is 11.9. The van der Waals surface area contributed by atoms with Crippen LogP contribution >= 0.6 is 0 Å². The van der Waals surface area contributed by atoms with Gasteiger partial charge in [0.1, 0.15) is 17.3 Å². The fraction of sp³-hybridized carbons (Fsp3) is 0.933. The average Bonchev–Trinajstić information content (AvgIpc) is 2.72. The first-order chi connectivity index (χ1) is 9.39. The first-order valence-electron chi connectivity index (χ1n) is 7.76. The number of ether oxygens (including phenoxy) is 1. The lowest BCUT2D eigenvalue weighted by molar-refractivity contribution is -0.324. The molecule has 6 atom stereocenters. The second-order valence-corrected chi connectivity index (χ2v) is 7.34. The fourth-order valence-corrected chi connectivity index (χ4v) is 5.54. The van der Waals surface area contributed by atoms with Gasteiger partial charge in [0.05, 0.1) is 12.0 Å². The van der Waals surface area contributed by atoms with Crippen LogP contribution in [0, 0.1) is 11.8 Å². The van der Waals surface area contributed by atoms with E-state index in [4.69, 9.17) is 4.74 Å². The minimum absolute atomic E-state index is 0.181. The molecule has 1 aliphatic heterocycles. The molecule has 4 aliphatic rings. The van der Waals surface area contributed by atoms with E-state index in [1.165, 1.54) is 0 Å². The van der Waals surface area contributed by atoms with E-state index in [0.717, 1.165) is 25.7 Å². The van der Waals surface area contributed by atoms with Crippen LogP contribution < -0.4 is 0 Å². The largest absolute Gasteiger partial charge is 0.459 e. The van der Waals surface area contributed by atoms with Crippen molar-refractivity contribution in [1.82, 2.24) is 0 Å². The van der Waals surface area contributed by atoms with Gasteiger partial charge in [0.2, 0.25) is 0 Å². The molecule has 3 N–H and O–H groups in total. The molecule has 4 rings (SSSR count). The summed E-state index contributed by atoms with van der Waals surface area (Å²) in [4.78, 5) is 11.9. The molecule has 112 valence electrons.